The van der Waals surface area contributed by atoms with Crippen molar-refractivity contribution in [3.8, 4) is 0 Å². The van der Waals surface area contributed by atoms with Gasteiger partial charge in [0, 0.05) is 15.6 Å². The van der Waals surface area contributed by atoms with Crippen molar-refractivity contribution in [2.45, 2.75) is 12.8 Å². The second-order valence-electron chi connectivity index (χ2n) is 4.74. The summed E-state index contributed by atoms with van der Waals surface area (Å²) in [5.74, 6) is -1.66. The average Bonchev–Trinajstić information content (AvgIpc) is 2.68. The van der Waals surface area contributed by atoms with Crippen LogP contribution in [-0.2, 0) is 6.54 Å². The van der Waals surface area contributed by atoms with Crippen molar-refractivity contribution in [3.05, 3.63) is 69.2 Å². The Balaban J connectivity index is 1.95. The lowest BCUT2D eigenvalue weighted by atomic mass is 10.1. The highest BCUT2D eigenvalue weighted by atomic mass is 79.9. The van der Waals surface area contributed by atoms with Crippen molar-refractivity contribution in [2.75, 3.05) is 0 Å². The molecule has 3 nitrogen and oxygen atoms in total. The van der Waals surface area contributed by atoms with Gasteiger partial charge in [0.05, 0.1) is 12.1 Å². The largest absolute Gasteiger partial charge is 0.369 e. The Hall–Kier alpha value is -1.79. The third-order valence-corrected chi connectivity index (χ3v) is 3.95. The smallest absolute Gasteiger partial charge is 0.257 e. The van der Waals surface area contributed by atoms with Crippen LogP contribution in [-0.4, -0.2) is 15.9 Å². The summed E-state index contributed by atoms with van der Waals surface area (Å²) in [5.41, 5.74) is 0.304. The predicted octanol–water partition coefficient (Wildman–Crippen LogP) is 3.37. The molecule has 0 aromatic heterocycles. The third kappa shape index (κ3) is 2.34. The highest BCUT2D eigenvalue weighted by Crippen LogP contribution is 2.35. The minimum absolute atomic E-state index is 0.0555. The number of nitrogens with zero attached hydrogens (tertiary/aromatic N) is 1. The van der Waals surface area contributed by atoms with Gasteiger partial charge in [-0.15, -0.1) is 0 Å². The van der Waals surface area contributed by atoms with Gasteiger partial charge in [0.15, 0.2) is 6.23 Å². The number of benzene rings is 2. The van der Waals surface area contributed by atoms with Crippen LogP contribution in [0.15, 0.2) is 40.9 Å². The number of aliphatic hydroxyl groups is 1. The maximum atomic E-state index is 13.8. The molecule has 108 valence electrons. The predicted molar refractivity (Wildman–Crippen MR) is 75.3 cm³/mol. The third-order valence-electron chi connectivity index (χ3n) is 3.45. The van der Waals surface area contributed by atoms with Crippen LogP contribution in [0, 0.1) is 11.6 Å². The van der Waals surface area contributed by atoms with Crippen molar-refractivity contribution < 1.29 is 18.7 Å². The molecule has 1 aliphatic heterocycles. The van der Waals surface area contributed by atoms with E-state index >= 15 is 0 Å². The van der Waals surface area contributed by atoms with E-state index in [1.807, 2.05) is 0 Å². The number of halogens is 3. The Morgan fingerprint density at radius 1 is 1.19 bits per heavy atom. The van der Waals surface area contributed by atoms with E-state index in [1.165, 1.54) is 30.3 Å². The zero-order valence-electron chi connectivity index (χ0n) is 10.7. The summed E-state index contributed by atoms with van der Waals surface area (Å²) in [6.07, 6.45) is -1.41. The first kappa shape index (κ1) is 14.2. The molecule has 21 heavy (non-hydrogen) atoms. The van der Waals surface area contributed by atoms with E-state index in [-0.39, 0.29) is 23.2 Å². The molecule has 1 aliphatic rings. The summed E-state index contributed by atoms with van der Waals surface area (Å²) in [4.78, 5) is 13.3. The number of hydrogen-bond acceptors (Lipinski definition) is 2. The second kappa shape index (κ2) is 5.20. The molecule has 0 saturated carbocycles. The van der Waals surface area contributed by atoms with Crippen molar-refractivity contribution in [2.24, 2.45) is 0 Å². The Labute approximate surface area is 127 Å². The minimum Gasteiger partial charge on any atom is -0.369 e. The highest BCUT2D eigenvalue weighted by Gasteiger charge is 2.37. The molecule has 2 aromatic rings. The van der Waals surface area contributed by atoms with E-state index < -0.39 is 23.8 Å². The number of hydrogen-bond donors (Lipinski definition) is 1. The van der Waals surface area contributed by atoms with E-state index in [0.717, 1.165) is 4.90 Å². The van der Waals surface area contributed by atoms with Crippen LogP contribution in [0.4, 0.5) is 8.78 Å². The molecular weight excluding hydrogens is 344 g/mol. The van der Waals surface area contributed by atoms with Crippen LogP contribution in [0.25, 0.3) is 0 Å². The summed E-state index contributed by atoms with van der Waals surface area (Å²) in [5, 5.41) is 10.1. The second-order valence-corrected chi connectivity index (χ2v) is 5.66. The van der Waals surface area contributed by atoms with E-state index in [9.17, 15) is 18.7 Å². The highest BCUT2D eigenvalue weighted by molar-refractivity contribution is 9.10. The minimum atomic E-state index is -1.41. The van der Waals surface area contributed by atoms with Gasteiger partial charge in [0.1, 0.15) is 11.6 Å². The summed E-state index contributed by atoms with van der Waals surface area (Å²) in [6.45, 7) is -0.132. The fraction of sp³-hybridized carbons (Fsp3) is 0.133. The van der Waals surface area contributed by atoms with Crippen LogP contribution < -0.4 is 0 Å². The van der Waals surface area contributed by atoms with E-state index in [4.69, 9.17) is 0 Å². The zero-order chi connectivity index (χ0) is 15.1. The summed E-state index contributed by atoms with van der Waals surface area (Å²) in [7, 11) is 0. The SMILES string of the molecule is O=C1c2cccc(F)c2C(O)N1Cc1ccc(Br)cc1F. The summed E-state index contributed by atoms with van der Waals surface area (Å²) in [6, 6.07) is 8.46. The molecule has 0 fully saturated rings. The molecule has 0 saturated heterocycles. The van der Waals surface area contributed by atoms with Gasteiger partial charge < -0.3 is 10.0 Å². The first-order valence-electron chi connectivity index (χ1n) is 6.20. The topological polar surface area (TPSA) is 40.5 Å². The lowest BCUT2D eigenvalue weighted by Crippen LogP contribution is -2.27. The fourth-order valence-corrected chi connectivity index (χ4v) is 2.73. The number of rotatable bonds is 2. The van der Waals surface area contributed by atoms with Crippen LogP contribution >= 0.6 is 15.9 Å². The van der Waals surface area contributed by atoms with Crippen LogP contribution in [0.2, 0.25) is 0 Å². The van der Waals surface area contributed by atoms with Gasteiger partial charge in [-0.1, -0.05) is 28.1 Å². The number of aliphatic hydroxyl groups excluding tert-OH is 1. The number of carbonyl (C=O) groups is 1. The van der Waals surface area contributed by atoms with E-state index in [0.29, 0.717) is 4.47 Å². The van der Waals surface area contributed by atoms with Crippen molar-refractivity contribution in [1.82, 2.24) is 4.90 Å². The molecule has 0 radical (unpaired) electrons. The Bertz CT molecular complexity index is 736. The molecular formula is C15H10BrF2NO2. The van der Waals surface area contributed by atoms with E-state index in [2.05, 4.69) is 15.9 Å². The van der Waals surface area contributed by atoms with Gasteiger partial charge in [-0.05, 0) is 24.3 Å². The van der Waals surface area contributed by atoms with Crippen LogP contribution in [0.3, 0.4) is 0 Å². The van der Waals surface area contributed by atoms with Crippen LogP contribution in [0.1, 0.15) is 27.7 Å². The molecule has 6 heteroatoms. The van der Waals surface area contributed by atoms with Crippen LogP contribution in [0.5, 0.6) is 0 Å². The van der Waals surface area contributed by atoms with Gasteiger partial charge in [0.2, 0.25) is 0 Å². The Morgan fingerprint density at radius 3 is 2.62 bits per heavy atom. The van der Waals surface area contributed by atoms with Gasteiger partial charge in [-0.3, -0.25) is 4.79 Å². The maximum Gasteiger partial charge on any atom is 0.257 e. The molecule has 2 aromatic carbocycles. The molecule has 1 amide bonds. The fourth-order valence-electron chi connectivity index (χ4n) is 2.40. The Morgan fingerprint density at radius 2 is 1.95 bits per heavy atom. The molecule has 0 bridgehead atoms. The molecule has 0 aliphatic carbocycles. The van der Waals surface area contributed by atoms with Gasteiger partial charge in [0.25, 0.3) is 5.91 Å². The molecule has 1 heterocycles. The average molecular weight is 354 g/mol. The monoisotopic (exact) mass is 353 g/mol. The quantitative estimate of drug-likeness (QED) is 0.899. The van der Waals surface area contributed by atoms with Crippen molar-refractivity contribution in [1.29, 1.82) is 0 Å². The molecule has 1 unspecified atom stereocenters. The van der Waals surface area contributed by atoms with Gasteiger partial charge in [-0.25, -0.2) is 8.78 Å². The molecule has 1 atom stereocenters. The van der Waals surface area contributed by atoms with Crippen molar-refractivity contribution in [3.63, 3.8) is 0 Å². The Kier molecular flexibility index (Phi) is 3.51. The standard InChI is InChI=1S/C15H10BrF2NO2/c16-9-5-4-8(12(18)6-9)7-19-14(20)10-2-1-3-11(17)13(10)15(19)21/h1-6,15,21H,7H2. The summed E-state index contributed by atoms with van der Waals surface area (Å²) >= 11 is 3.15. The maximum absolute atomic E-state index is 13.8. The first-order valence-corrected chi connectivity index (χ1v) is 6.99. The lowest BCUT2D eigenvalue weighted by molar-refractivity contribution is 0.0120. The molecule has 3 rings (SSSR count). The van der Waals surface area contributed by atoms with Crippen molar-refractivity contribution >= 4 is 21.8 Å². The summed E-state index contributed by atoms with van der Waals surface area (Å²) < 4.78 is 28.2. The molecule has 1 N–H and O–H groups in total. The van der Waals surface area contributed by atoms with Gasteiger partial charge >= 0.3 is 0 Å². The number of amides is 1. The molecule has 0 spiro atoms. The van der Waals surface area contributed by atoms with Gasteiger partial charge in [-0.2, -0.15) is 0 Å². The normalized spacial score (nSPS) is 17.2. The number of carbonyl (C=O) groups excluding carboxylic acids is 1. The lowest BCUT2D eigenvalue weighted by Gasteiger charge is -2.21. The number of fused-ring (bicyclic) bond motifs is 1. The zero-order valence-corrected chi connectivity index (χ0v) is 12.3. The van der Waals surface area contributed by atoms with E-state index in [1.54, 1.807) is 6.07 Å². The first-order chi connectivity index (χ1) is 9.99.